The number of benzene rings is 5. The lowest BCUT2D eigenvalue weighted by atomic mass is 10.0. The van der Waals surface area contributed by atoms with Gasteiger partial charge >= 0.3 is 29.7 Å². The highest BCUT2D eigenvalue weighted by Gasteiger charge is 2.33. The maximum atomic E-state index is 12.6. The van der Waals surface area contributed by atoms with Gasteiger partial charge < -0.3 is 35.6 Å². The zero-order valence-electron chi connectivity index (χ0n) is 47.0. The number of hydrogen-bond acceptors (Lipinski definition) is 8. The number of rotatable bonds is 35. The molecule has 0 aliphatic rings. The van der Waals surface area contributed by atoms with E-state index in [9.17, 15) is 48.9 Å². The molecule has 0 aliphatic heterocycles. The second kappa shape index (κ2) is 37.9. The molecule has 430 valence electrons. The Morgan fingerprint density at radius 1 is 0.438 bits per heavy atom. The van der Waals surface area contributed by atoms with E-state index in [1.165, 1.54) is 108 Å². The van der Waals surface area contributed by atoms with Crippen LogP contribution in [0, 0.1) is 0 Å². The van der Waals surface area contributed by atoms with Crippen LogP contribution in [0.1, 0.15) is 180 Å². The van der Waals surface area contributed by atoms with Gasteiger partial charge in [-0.15, -0.1) is 0 Å². The first-order valence-electron chi connectivity index (χ1n) is 28.7. The molecule has 0 saturated carbocycles. The van der Waals surface area contributed by atoms with Crippen molar-refractivity contribution in [2.45, 2.75) is 168 Å². The van der Waals surface area contributed by atoms with Gasteiger partial charge in [-0.25, -0.2) is 14.4 Å². The van der Waals surface area contributed by atoms with Crippen molar-refractivity contribution in [3.63, 3.8) is 0 Å². The van der Waals surface area contributed by atoms with Crippen molar-refractivity contribution in [1.82, 2.24) is 15.5 Å². The number of para-hydroxylation sites is 1. The molecule has 0 aromatic heterocycles. The first-order chi connectivity index (χ1) is 38.8. The minimum Gasteiger partial charge on any atom is -0.480 e. The van der Waals surface area contributed by atoms with E-state index in [1.807, 2.05) is 30.3 Å². The highest BCUT2D eigenvalue weighted by molar-refractivity contribution is 6.37. The van der Waals surface area contributed by atoms with Gasteiger partial charge in [0.2, 0.25) is 0 Å². The number of amides is 4. The third-order valence-electron chi connectivity index (χ3n) is 13.7. The van der Waals surface area contributed by atoms with E-state index >= 15 is 0 Å². The second-order valence-electron chi connectivity index (χ2n) is 20.2. The Morgan fingerprint density at radius 2 is 0.850 bits per heavy atom. The molecule has 15 nitrogen and oxygen atoms in total. The first kappa shape index (κ1) is 64.7. The number of carboxylic acid groups (broad SMARTS) is 3. The van der Waals surface area contributed by atoms with Crippen LogP contribution in [-0.4, -0.2) is 80.9 Å². The van der Waals surface area contributed by atoms with E-state index in [-0.39, 0.29) is 31.3 Å². The Balaban J connectivity index is 0.000000345. The molecule has 5 rings (SSSR count). The summed E-state index contributed by atoms with van der Waals surface area (Å²) in [7, 11) is 0. The van der Waals surface area contributed by atoms with Crippen molar-refractivity contribution >= 4 is 47.2 Å². The van der Waals surface area contributed by atoms with Crippen LogP contribution in [-0.2, 0) is 43.5 Å². The summed E-state index contributed by atoms with van der Waals surface area (Å²) in [6, 6.07) is 36.6. The smallest absolute Gasteiger partial charge is 0.394 e. The molecule has 0 bridgehead atoms. The standard InChI is InChI=1S/C34H42N2O5.C31H42N2O6/c1-2-3-4-5-6-7-8-9-10-14-24-35-32(37)28-22-20-27(21-23-28)26-36(33(38)34(39)40)29-16-15-19-31(25-29)41-30-17-12-11-13-18-30;1-2-3-4-5-6-7-8-9-10-14-21-32-28(34)26-19-17-25(18-20-26)23-33(29(35)31(38)39)27(30(36)37)22-24-15-12-11-13-16-24/h11-13,15-23,25H,2-10,14,24,26H2,1H3,(H,35,37)(H,39,40);11-13,15-20,27H,2-10,14,21-23H2,1H3,(H,32,34)(H,36,37)(H,38,39)/t;27-/m.0/s1. The molecule has 0 fully saturated rings. The van der Waals surface area contributed by atoms with Gasteiger partial charge in [-0.1, -0.05) is 208 Å². The first-order valence-corrected chi connectivity index (χ1v) is 28.7. The van der Waals surface area contributed by atoms with Crippen molar-refractivity contribution < 1.29 is 53.6 Å². The highest BCUT2D eigenvalue weighted by atomic mass is 16.5. The second-order valence-corrected chi connectivity index (χ2v) is 20.2. The third kappa shape index (κ3) is 24.9. The molecule has 4 amide bonds. The number of unbranched alkanes of at least 4 members (excludes halogenated alkanes) is 18. The fraction of sp³-hybridized carbons (Fsp3) is 0.431. The van der Waals surface area contributed by atoms with Crippen LogP contribution < -0.4 is 20.3 Å². The summed E-state index contributed by atoms with van der Waals surface area (Å²) < 4.78 is 5.85. The SMILES string of the molecule is CCCCCCCCCCCCNC(=O)c1ccc(CN(C(=O)C(=O)O)[C@@H](Cc2ccccc2)C(=O)O)cc1.CCCCCCCCCCCCNC(=O)c1ccc(CN(C(=O)C(=O)O)c2cccc(Oc3ccccc3)c2)cc1. The van der Waals surface area contributed by atoms with Crippen LogP contribution in [0.15, 0.2) is 133 Å². The lowest BCUT2D eigenvalue weighted by molar-refractivity contribution is -0.161. The van der Waals surface area contributed by atoms with E-state index in [2.05, 4.69) is 24.5 Å². The fourth-order valence-corrected chi connectivity index (χ4v) is 9.09. The number of carbonyl (C=O) groups is 7. The van der Waals surface area contributed by atoms with Crippen molar-refractivity contribution in [2.24, 2.45) is 0 Å². The Bertz CT molecular complexity index is 2630. The minimum atomic E-state index is -1.72. The number of nitrogens with zero attached hydrogens (tertiary/aromatic N) is 2. The number of nitrogens with one attached hydrogen (secondary N) is 2. The summed E-state index contributed by atoms with van der Waals surface area (Å²) in [5.74, 6) is -6.16. The van der Waals surface area contributed by atoms with Crippen LogP contribution in [0.3, 0.4) is 0 Å². The molecule has 1 atom stereocenters. The molecular weight excluding hydrogens is 1010 g/mol. The van der Waals surface area contributed by atoms with Gasteiger partial charge in [-0.2, -0.15) is 0 Å². The summed E-state index contributed by atoms with van der Waals surface area (Å²) in [5.41, 5.74) is 3.25. The predicted molar refractivity (Wildman–Crippen MR) is 313 cm³/mol. The normalized spacial score (nSPS) is 11.1. The molecule has 0 aliphatic carbocycles. The average molecular weight is 1100 g/mol. The molecule has 0 heterocycles. The average Bonchev–Trinajstić information content (AvgIpc) is 3.46. The third-order valence-corrected chi connectivity index (χ3v) is 13.7. The maximum Gasteiger partial charge on any atom is 0.394 e. The molecular formula is C65H84N4O11. The summed E-state index contributed by atoms with van der Waals surface area (Å²) >= 11 is 0. The Labute approximate surface area is 473 Å². The Hall–Kier alpha value is -7.81. The van der Waals surface area contributed by atoms with E-state index < -0.39 is 35.8 Å². The van der Waals surface area contributed by atoms with Gasteiger partial charge in [0.15, 0.2) is 0 Å². The summed E-state index contributed by atoms with van der Waals surface area (Å²) in [6.45, 7) is 5.51. The number of ether oxygens (including phenoxy) is 1. The quantitative estimate of drug-likeness (QED) is 0.0190. The number of anilines is 1. The molecule has 0 radical (unpaired) electrons. The number of aliphatic carboxylic acids is 3. The molecule has 5 aromatic carbocycles. The zero-order valence-corrected chi connectivity index (χ0v) is 47.0. The molecule has 5 aromatic rings. The van der Waals surface area contributed by atoms with E-state index in [1.54, 1.807) is 103 Å². The minimum absolute atomic E-state index is 0.0282. The van der Waals surface area contributed by atoms with E-state index in [4.69, 9.17) is 4.74 Å². The van der Waals surface area contributed by atoms with E-state index in [0.717, 1.165) is 30.6 Å². The maximum absolute atomic E-state index is 12.6. The lowest BCUT2D eigenvalue weighted by Gasteiger charge is -2.28. The van der Waals surface area contributed by atoms with Crippen molar-refractivity contribution in [1.29, 1.82) is 0 Å². The fourth-order valence-electron chi connectivity index (χ4n) is 9.09. The van der Waals surface area contributed by atoms with Crippen LogP contribution in [0.2, 0.25) is 0 Å². The summed E-state index contributed by atoms with van der Waals surface area (Å²) in [4.78, 5) is 87.2. The number of carboxylic acids is 3. The lowest BCUT2D eigenvalue weighted by Crippen LogP contribution is -2.48. The largest absolute Gasteiger partial charge is 0.480 e. The van der Waals surface area contributed by atoms with Gasteiger partial charge in [0, 0.05) is 48.9 Å². The van der Waals surface area contributed by atoms with Gasteiger partial charge in [-0.3, -0.25) is 24.1 Å². The number of carbonyl (C=O) groups excluding carboxylic acids is 4. The molecule has 0 saturated heterocycles. The molecule has 0 spiro atoms. The predicted octanol–water partition coefficient (Wildman–Crippen LogP) is 13.2. The number of hydrogen-bond donors (Lipinski definition) is 5. The highest BCUT2D eigenvalue weighted by Crippen LogP contribution is 2.28. The van der Waals surface area contributed by atoms with Gasteiger partial charge in [-0.05, 0) is 78.1 Å². The molecule has 0 unspecified atom stereocenters. The molecule has 15 heteroatoms. The Morgan fingerprint density at radius 3 is 1.29 bits per heavy atom. The van der Waals surface area contributed by atoms with Gasteiger partial charge in [0.1, 0.15) is 17.5 Å². The van der Waals surface area contributed by atoms with Crippen molar-refractivity contribution in [2.75, 3.05) is 18.0 Å². The van der Waals surface area contributed by atoms with Crippen molar-refractivity contribution in [3.05, 3.63) is 161 Å². The van der Waals surface area contributed by atoms with Crippen LogP contribution >= 0.6 is 0 Å². The van der Waals surface area contributed by atoms with Crippen LogP contribution in [0.5, 0.6) is 11.5 Å². The summed E-state index contributed by atoms with van der Waals surface area (Å²) in [6.07, 6.45) is 24.7. The van der Waals surface area contributed by atoms with Crippen molar-refractivity contribution in [3.8, 4) is 11.5 Å². The molecule has 5 N–H and O–H groups in total. The van der Waals surface area contributed by atoms with Gasteiger partial charge in [0.05, 0.1) is 6.54 Å². The van der Waals surface area contributed by atoms with E-state index in [0.29, 0.717) is 58.1 Å². The Kier molecular flexibility index (Phi) is 30.7. The van der Waals surface area contributed by atoms with Crippen LogP contribution in [0.25, 0.3) is 0 Å². The monoisotopic (exact) mass is 1100 g/mol. The van der Waals surface area contributed by atoms with Gasteiger partial charge in [0.25, 0.3) is 11.8 Å². The topological polar surface area (TPSA) is 220 Å². The zero-order chi connectivity index (χ0) is 57.7. The summed E-state index contributed by atoms with van der Waals surface area (Å²) in [5, 5.41) is 34.4. The molecule has 80 heavy (non-hydrogen) atoms. The van der Waals surface area contributed by atoms with Crippen LogP contribution in [0.4, 0.5) is 5.69 Å².